The number of amides is 1. The van der Waals surface area contributed by atoms with Crippen molar-refractivity contribution >= 4 is 17.2 Å². The van der Waals surface area contributed by atoms with Gasteiger partial charge in [-0.3, -0.25) is 4.79 Å². The molecule has 1 aromatic carbocycles. The van der Waals surface area contributed by atoms with Gasteiger partial charge in [0.25, 0.3) is 0 Å². The van der Waals surface area contributed by atoms with Crippen molar-refractivity contribution in [2.75, 3.05) is 34.3 Å². The summed E-state index contributed by atoms with van der Waals surface area (Å²) in [6, 6.07) is 7.81. The fourth-order valence-corrected chi connectivity index (χ4v) is 3.16. The molecule has 1 amide bonds. The third-order valence-corrected chi connectivity index (χ3v) is 4.62. The molecule has 0 radical (unpaired) electrons. The minimum Gasteiger partial charge on any atom is -0.497 e. The molecule has 1 heterocycles. The fraction of sp³-hybridized carbons (Fsp3) is 0.412. The molecule has 0 bridgehead atoms. The van der Waals surface area contributed by atoms with Gasteiger partial charge in [0.15, 0.2) is 0 Å². The zero-order chi connectivity index (χ0) is 16.8. The average molecular weight is 333 g/mol. The standard InChI is InChI=1S/C17H23N3O2S/c1-12-15(11-16(21)18-8-9-20(2)3)23-17(19-12)13-6-5-7-14(10-13)22-4/h5-7,10H,8-9,11H2,1-4H3,(H,18,21). The number of hydrogen-bond acceptors (Lipinski definition) is 5. The summed E-state index contributed by atoms with van der Waals surface area (Å²) in [5.74, 6) is 0.842. The van der Waals surface area contributed by atoms with Crippen molar-refractivity contribution in [1.29, 1.82) is 0 Å². The largest absolute Gasteiger partial charge is 0.497 e. The first-order chi connectivity index (χ1) is 11.0. The van der Waals surface area contributed by atoms with Gasteiger partial charge in [-0.1, -0.05) is 12.1 Å². The Kier molecular flexibility index (Phi) is 6.12. The Labute approximate surface area is 141 Å². The Morgan fingerprint density at radius 2 is 2.17 bits per heavy atom. The zero-order valence-corrected chi connectivity index (χ0v) is 14.9. The smallest absolute Gasteiger partial charge is 0.225 e. The van der Waals surface area contributed by atoms with E-state index < -0.39 is 0 Å². The third kappa shape index (κ3) is 5.04. The summed E-state index contributed by atoms with van der Waals surface area (Å²) in [5.41, 5.74) is 1.92. The number of benzene rings is 1. The molecule has 1 N–H and O–H groups in total. The van der Waals surface area contributed by atoms with Crippen LogP contribution >= 0.6 is 11.3 Å². The minimum atomic E-state index is 0.0378. The van der Waals surface area contributed by atoms with Crippen molar-refractivity contribution < 1.29 is 9.53 Å². The number of aromatic nitrogens is 1. The van der Waals surface area contributed by atoms with E-state index in [4.69, 9.17) is 4.74 Å². The summed E-state index contributed by atoms with van der Waals surface area (Å²) in [5, 5.41) is 3.85. The average Bonchev–Trinajstić information content (AvgIpc) is 2.88. The summed E-state index contributed by atoms with van der Waals surface area (Å²) in [6.45, 7) is 3.44. The Balaban J connectivity index is 2.04. The van der Waals surface area contributed by atoms with Crippen molar-refractivity contribution in [2.45, 2.75) is 13.3 Å². The van der Waals surface area contributed by atoms with Gasteiger partial charge in [0.1, 0.15) is 10.8 Å². The molecule has 0 atom stereocenters. The number of aryl methyl sites for hydroxylation is 1. The van der Waals surface area contributed by atoms with Crippen molar-refractivity contribution in [3.8, 4) is 16.3 Å². The zero-order valence-electron chi connectivity index (χ0n) is 14.0. The molecule has 124 valence electrons. The maximum atomic E-state index is 12.0. The van der Waals surface area contributed by atoms with E-state index in [9.17, 15) is 4.79 Å². The molecule has 0 saturated heterocycles. The molecule has 1 aromatic heterocycles. The maximum absolute atomic E-state index is 12.0. The topological polar surface area (TPSA) is 54.5 Å². The highest BCUT2D eigenvalue weighted by molar-refractivity contribution is 7.15. The van der Waals surface area contributed by atoms with Gasteiger partial charge in [-0.25, -0.2) is 4.98 Å². The van der Waals surface area contributed by atoms with E-state index >= 15 is 0 Å². The van der Waals surface area contributed by atoms with E-state index in [0.29, 0.717) is 13.0 Å². The van der Waals surface area contributed by atoms with Gasteiger partial charge in [0.05, 0.1) is 19.2 Å². The number of thiazole rings is 1. The quantitative estimate of drug-likeness (QED) is 0.845. The first kappa shape index (κ1) is 17.4. The number of hydrogen-bond donors (Lipinski definition) is 1. The second kappa shape index (κ2) is 8.08. The van der Waals surface area contributed by atoms with E-state index in [1.165, 1.54) is 0 Å². The molecule has 0 aliphatic carbocycles. The number of carbonyl (C=O) groups excluding carboxylic acids is 1. The van der Waals surface area contributed by atoms with Crippen LogP contribution in [0.3, 0.4) is 0 Å². The highest BCUT2D eigenvalue weighted by Gasteiger charge is 2.13. The van der Waals surface area contributed by atoms with Crippen LogP contribution in [0.1, 0.15) is 10.6 Å². The van der Waals surface area contributed by atoms with Crippen molar-refractivity contribution in [3.63, 3.8) is 0 Å². The van der Waals surface area contributed by atoms with Crippen LogP contribution in [0.2, 0.25) is 0 Å². The molecule has 6 heteroatoms. The number of ether oxygens (including phenoxy) is 1. The summed E-state index contributed by atoms with van der Waals surface area (Å²) in [4.78, 5) is 19.7. The van der Waals surface area contributed by atoms with Crippen LogP contribution in [0.4, 0.5) is 0 Å². The van der Waals surface area contributed by atoms with Gasteiger partial charge in [0.2, 0.25) is 5.91 Å². The first-order valence-corrected chi connectivity index (χ1v) is 8.33. The molecule has 0 unspecified atom stereocenters. The van der Waals surface area contributed by atoms with Crippen LogP contribution in [-0.4, -0.2) is 50.1 Å². The van der Waals surface area contributed by atoms with Crippen molar-refractivity contribution in [2.24, 2.45) is 0 Å². The fourth-order valence-electron chi connectivity index (χ4n) is 2.10. The van der Waals surface area contributed by atoms with E-state index in [-0.39, 0.29) is 5.91 Å². The summed E-state index contributed by atoms with van der Waals surface area (Å²) >= 11 is 1.56. The molecule has 0 aliphatic rings. The highest BCUT2D eigenvalue weighted by atomic mass is 32.1. The number of methoxy groups -OCH3 is 1. The lowest BCUT2D eigenvalue weighted by Gasteiger charge is -2.09. The van der Waals surface area contributed by atoms with Crippen LogP contribution in [-0.2, 0) is 11.2 Å². The van der Waals surface area contributed by atoms with E-state index in [1.54, 1.807) is 18.4 Å². The Morgan fingerprint density at radius 3 is 2.87 bits per heavy atom. The SMILES string of the molecule is COc1cccc(-c2nc(C)c(CC(=O)NCCN(C)C)s2)c1. The van der Waals surface area contributed by atoms with Gasteiger partial charge in [-0.05, 0) is 33.2 Å². The second-order valence-corrected chi connectivity index (χ2v) is 6.67. The van der Waals surface area contributed by atoms with Crippen LogP contribution in [0.15, 0.2) is 24.3 Å². The van der Waals surface area contributed by atoms with Crippen molar-refractivity contribution in [1.82, 2.24) is 15.2 Å². The Hall–Kier alpha value is -1.92. The summed E-state index contributed by atoms with van der Waals surface area (Å²) in [7, 11) is 5.62. The lowest BCUT2D eigenvalue weighted by molar-refractivity contribution is -0.120. The van der Waals surface area contributed by atoms with Crippen LogP contribution < -0.4 is 10.1 Å². The van der Waals surface area contributed by atoms with Crippen LogP contribution in [0.25, 0.3) is 10.6 Å². The monoisotopic (exact) mass is 333 g/mol. The van der Waals surface area contributed by atoms with Crippen LogP contribution in [0, 0.1) is 6.92 Å². The van der Waals surface area contributed by atoms with Crippen LogP contribution in [0.5, 0.6) is 5.75 Å². The molecular weight excluding hydrogens is 310 g/mol. The molecule has 23 heavy (non-hydrogen) atoms. The molecule has 5 nitrogen and oxygen atoms in total. The molecular formula is C17H23N3O2S. The number of nitrogens with one attached hydrogen (secondary N) is 1. The van der Waals surface area contributed by atoms with Gasteiger partial charge in [0, 0.05) is 23.5 Å². The van der Waals surface area contributed by atoms with Gasteiger partial charge < -0.3 is 15.0 Å². The number of nitrogens with zero attached hydrogens (tertiary/aromatic N) is 2. The summed E-state index contributed by atoms with van der Waals surface area (Å²) in [6.07, 6.45) is 0.376. The maximum Gasteiger partial charge on any atom is 0.225 e. The molecule has 2 aromatic rings. The molecule has 0 fully saturated rings. The minimum absolute atomic E-state index is 0.0378. The second-order valence-electron chi connectivity index (χ2n) is 5.59. The first-order valence-electron chi connectivity index (χ1n) is 7.51. The van der Waals surface area contributed by atoms with Gasteiger partial charge in [-0.15, -0.1) is 11.3 Å². The lowest BCUT2D eigenvalue weighted by atomic mass is 10.2. The highest BCUT2D eigenvalue weighted by Crippen LogP contribution is 2.30. The molecule has 0 spiro atoms. The Bertz CT molecular complexity index is 668. The third-order valence-electron chi connectivity index (χ3n) is 3.41. The summed E-state index contributed by atoms with van der Waals surface area (Å²) < 4.78 is 5.25. The number of carbonyl (C=O) groups is 1. The molecule has 2 rings (SSSR count). The van der Waals surface area contributed by atoms with E-state index in [1.807, 2.05) is 50.2 Å². The lowest BCUT2D eigenvalue weighted by Crippen LogP contribution is -2.32. The molecule has 0 aliphatic heterocycles. The van der Waals surface area contributed by atoms with E-state index in [2.05, 4.69) is 10.3 Å². The predicted octanol–water partition coefficient (Wildman–Crippen LogP) is 2.35. The molecule has 0 saturated carbocycles. The normalized spacial score (nSPS) is 10.8. The predicted molar refractivity (Wildman–Crippen MR) is 94.1 cm³/mol. The number of rotatable bonds is 7. The number of likely N-dealkylation sites (N-methyl/N-ethyl adjacent to an activating group) is 1. The van der Waals surface area contributed by atoms with Crippen molar-refractivity contribution in [3.05, 3.63) is 34.8 Å². The Morgan fingerprint density at radius 1 is 1.39 bits per heavy atom. The van der Waals surface area contributed by atoms with Gasteiger partial charge >= 0.3 is 0 Å². The van der Waals surface area contributed by atoms with E-state index in [0.717, 1.165) is 33.4 Å². The van der Waals surface area contributed by atoms with Gasteiger partial charge in [-0.2, -0.15) is 0 Å².